The van der Waals surface area contributed by atoms with Crippen LogP contribution in [-0.4, -0.2) is 59.6 Å². The van der Waals surface area contributed by atoms with E-state index >= 15 is 0 Å². The molecule has 4 rings (SSSR count). The lowest BCUT2D eigenvalue weighted by atomic mass is 10.0. The van der Waals surface area contributed by atoms with E-state index in [0.29, 0.717) is 71.8 Å². The molecule has 9 heteroatoms. The highest BCUT2D eigenvalue weighted by Crippen LogP contribution is 2.40. The van der Waals surface area contributed by atoms with Crippen LogP contribution in [0.5, 0.6) is 11.5 Å². The fraction of sp³-hybridized carbons (Fsp3) is 0.304. The molecule has 0 unspecified atom stereocenters. The van der Waals surface area contributed by atoms with Crippen LogP contribution in [-0.2, 0) is 11.3 Å². The minimum atomic E-state index is -0.318. The van der Waals surface area contributed by atoms with Crippen LogP contribution in [0.25, 0.3) is 6.08 Å². The number of fused-ring (bicyclic) bond motifs is 1. The van der Waals surface area contributed by atoms with Crippen LogP contribution in [0, 0.1) is 0 Å². The highest BCUT2D eigenvalue weighted by molar-refractivity contribution is 6.42. The van der Waals surface area contributed by atoms with Gasteiger partial charge < -0.3 is 19.5 Å². The van der Waals surface area contributed by atoms with Gasteiger partial charge in [-0.3, -0.25) is 9.69 Å². The summed E-state index contributed by atoms with van der Waals surface area (Å²) in [6, 6.07) is 8.10. The highest BCUT2D eigenvalue weighted by atomic mass is 35.5. The molecule has 0 aliphatic carbocycles. The SMILES string of the molecule is CCOC(=O)N1CCN(Cc2c(O)ccc3c2O/C(=C\c2ccc(Cl)c(Cl)c2)C3=O)CC1. The van der Waals surface area contributed by atoms with E-state index in [2.05, 4.69) is 4.90 Å². The van der Waals surface area contributed by atoms with Gasteiger partial charge in [0.1, 0.15) is 11.5 Å². The lowest BCUT2D eigenvalue weighted by Crippen LogP contribution is -2.48. The molecule has 2 aliphatic rings. The predicted octanol–water partition coefficient (Wildman–Crippen LogP) is 4.59. The second kappa shape index (κ2) is 9.40. The van der Waals surface area contributed by atoms with Crippen molar-refractivity contribution in [1.29, 1.82) is 0 Å². The number of aromatic hydroxyl groups is 1. The van der Waals surface area contributed by atoms with Crippen molar-refractivity contribution in [2.45, 2.75) is 13.5 Å². The summed E-state index contributed by atoms with van der Waals surface area (Å²) in [6.07, 6.45) is 1.28. The van der Waals surface area contributed by atoms with Gasteiger partial charge in [0, 0.05) is 32.7 Å². The number of hydrogen-bond acceptors (Lipinski definition) is 6. The van der Waals surface area contributed by atoms with E-state index in [4.69, 9.17) is 32.7 Å². The second-order valence-electron chi connectivity index (χ2n) is 7.52. The first-order chi connectivity index (χ1) is 15.4. The number of phenolic OH excluding ortho intramolecular Hbond substituents is 1. The molecule has 0 saturated carbocycles. The lowest BCUT2D eigenvalue weighted by Gasteiger charge is -2.34. The molecule has 2 aromatic carbocycles. The standard InChI is InChI=1S/C23H22Cl2N2O5/c1-2-31-23(30)27-9-7-26(8-10-27)13-16-19(28)6-4-15-21(29)20(32-22(15)16)12-14-3-5-17(24)18(25)11-14/h3-6,11-12,28H,2,7-10,13H2,1H3/b20-12-. The molecule has 1 amide bonds. The maximum atomic E-state index is 12.9. The Morgan fingerprint density at radius 3 is 2.59 bits per heavy atom. The summed E-state index contributed by atoms with van der Waals surface area (Å²) in [5.41, 5.74) is 1.61. The summed E-state index contributed by atoms with van der Waals surface area (Å²) in [5, 5.41) is 11.3. The number of Topliss-reactive ketones (excluding diaryl/α,β-unsaturated/α-hetero) is 1. The molecule has 0 aromatic heterocycles. The number of nitrogens with zero attached hydrogens (tertiary/aromatic N) is 2. The number of rotatable bonds is 4. The molecule has 168 valence electrons. The molecule has 2 aromatic rings. The molecule has 2 heterocycles. The number of halogens is 2. The van der Waals surface area contributed by atoms with Crippen LogP contribution < -0.4 is 4.74 Å². The number of allylic oxidation sites excluding steroid dienone is 1. The maximum Gasteiger partial charge on any atom is 0.409 e. The summed E-state index contributed by atoms with van der Waals surface area (Å²) in [7, 11) is 0. The number of piperazine rings is 1. The number of carbonyl (C=O) groups excluding carboxylic acids is 2. The van der Waals surface area contributed by atoms with E-state index in [-0.39, 0.29) is 23.4 Å². The average Bonchev–Trinajstić information content (AvgIpc) is 3.09. The van der Waals surface area contributed by atoms with Gasteiger partial charge >= 0.3 is 6.09 Å². The number of amides is 1. The number of phenols is 1. The van der Waals surface area contributed by atoms with Crippen LogP contribution in [0.1, 0.15) is 28.4 Å². The number of ketones is 1. The van der Waals surface area contributed by atoms with Crippen LogP contribution in [0.4, 0.5) is 4.79 Å². The van der Waals surface area contributed by atoms with Crippen LogP contribution in [0.15, 0.2) is 36.1 Å². The van der Waals surface area contributed by atoms with E-state index < -0.39 is 0 Å². The average molecular weight is 477 g/mol. The Balaban J connectivity index is 1.52. The van der Waals surface area contributed by atoms with Crippen molar-refractivity contribution in [1.82, 2.24) is 9.80 Å². The van der Waals surface area contributed by atoms with Crippen LogP contribution >= 0.6 is 23.2 Å². The summed E-state index contributed by atoms with van der Waals surface area (Å²) in [6.45, 7) is 4.78. The molecule has 1 saturated heterocycles. The first-order valence-electron chi connectivity index (χ1n) is 10.3. The Labute approximate surface area is 195 Å². The fourth-order valence-electron chi connectivity index (χ4n) is 3.73. The Morgan fingerprint density at radius 2 is 1.91 bits per heavy atom. The second-order valence-corrected chi connectivity index (χ2v) is 8.33. The van der Waals surface area contributed by atoms with E-state index in [1.54, 1.807) is 42.2 Å². The number of carbonyl (C=O) groups is 2. The number of hydrogen-bond donors (Lipinski definition) is 1. The molecule has 32 heavy (non-hydrogen) atoms. The molecule has 0 atom stereocenters. The molecular formula is C23H22Cl2N2O5. The van der Waals surface area contributed by atoms with Crippen molar-refractivity contribution in [3.8, 4) is 11.5 Å². The van der Waals surface area contributed by atoms with Crippen molar-refractivity contribution in [3.05, 3.63) is 62.8 Å². The third kappa shape index (κ3) is 4.55. The summed E-state index contributed by atoms with van der Waals surface area (Å²) >= 11 is 12.0. The molecule has 0 radical (unpaired) electrons. The van der Waals surface area contributed by atoms with Gasteiger partial charge in [-0.15, -0.1) is 0 Å². The molecule has 7 nitrogen and oxygen atoms in total. The third-order valence-corrected chi connectivity index (χ3v) is 6.18. The maximum absolute atomic E-state index is 12.9. The largest absolute Gasteiger partial charge is 0.507 e. The Morgan fingerprint density at radius 1 is 1.16 bits per heavy atom. The van der Waals surface area contributed by atoms with Gasteiger partial charge in [-0.2, -0.15) is 0 Å². The van der Waals surface area contributed by atoms with Gasteiger partial charge in [-0.25, -0.2) is 4.79 Å². The zero-order chi connectivity index (χ0) is 22.8. The molecule has 1 fully saturated rings. The number of benzene rings is 2. The van der Waals surface area contributed by atoms with Crippen molar-refractivity contribution in [2.24, 2.45) is 0 Å². The predicted molar refractivity (Wildman–Crippen MR) is 121 cm³/mol. The van der Waals surface area contributed by atoms with Gasteiger partial charge in [0.05, 0.1) is 27.8 Å². The summed E-state index contributed by atoms with van der Waals surface area (Å²) < 4.78 is 11.0. The summed E-state index contributed by atoms with van der Waals surface area (Å²) in [4.78, 5) is 28.5. The Hall–Kier alpha value is -2.74. The first kappa shape index (κ1) is 22.5. The fourth-order valence-corrected chi connectivity index (χ4v) is 4.04. The van der Waals surface area contributed by atoms with E-state index in [9.17, 15) is 14.7 Å². The van der Waals surface area contributed by atoms with Gasteiger partial charge in [0.15, 0.2) is 5.76 Å². The minimum Gasteiger partial charge on any atom is -0.507 e. The Kier molecular flexibility index (Phi) is 6.60. The van der Waals surface area contributed by atoms with Crippen molar-refractivity contribution in [2.75, 3.05) is 32.8 Å². The Bertz CT molecular complexity index is 1090. The monoisotopic (exact) mass is 476 g/mol. The zero-order valence-corrected chi connectivity index (χ0v) is 18.9. The highest BCUT2D eigenvalue weighted by Gasteiger charge is 2.32. The van der Waals surface area contributed by atoms with Gasteiger partial charge in [-0.1, -0.05) is 29.3 Å². The third-order valence-electron chi connectivity index (χ3n) is 5.44. The van der Waals surface area contributed by atoms with Crippen molar-refractivity contribution < 1.29 is 24.2 Å². The van der Waals surface area contributed by atoms with Gasteiger partial charge in [-0.05, 0) is 42.8 Å². The zero-order valence-electron chi connectivity index (χ0n) is 17.4. The van der Waals surface area contributed by atoms with E-state index in [1.807, 2.05) is 0 Å². The van der Waals surface area contributed by atoms with Crippen LogP contribution in [0.3, 0.4) is 0 Å². The minimum absolute atomic E-state index is 0.0557. The number of ether oxygens (including phenoxy) is 2. The van der Waals surface area contributed by atoms with Crippen molar-refractivity contribution >= 4 is 41.2 Å². The van der Waals surface area contributed by atoms with E-state index in [0.717, 1.165) is 0 Å². The first-order valence-corrected chi connectivity index (χ1v) is 11.0. The van der Waals surface area contributed by atoms with Crippen LogP contribution in [0.2, 0.25) is 10.0 Å². The topological polar surface area (TPSA) is 79.3 Å². The smallest absolute Gasteiger partial charge is 0.409 e. The molecular weight excluding hydrogens is 455 g/mol. The molecule has 2 aliphatic heterocycles. The quantitative estimate of drug-likeness (QED) is 0.650. The van der Waals surface area contributed by atoms with Crippen molar-refractivity contribution in [3.63, 3.8) is 0 Å². The van der Waals surface area contributed by atoms with E-state index in [1.165, 1.54) is 6.07 Å². The lowest BCUT2D eigenvalue weighted by molar-refractivity contribution is 0.0774. The molecule has 0 bridgehead atoms. The normalized spacial score (nSPS) is 17.4. The molecule has 1 N–H and O–H groups in total. The molecule has 0 spiro atoms. The van der Waals surface area contributed by atoms with Gasteiger partial charge in [0.2, 0.25) is 5.78 Å². The van der Waals surface area contributed by atoms with Gasteiger partial charge in [0.25, 0.3) is 0 Å². The summed E-state index contributed by atoms with van der Waals surface area (Å²) in [5.74, 6) is 0.297.